The molecule has 0 radical (unpaired) electrons. The van der Waals surface area contributed by atoms with Gasteiger partial charge in [-0.15, -0.1) is 0 Å². The van der Waals surface area contributed by atoms with Crippen LogP contribution in [0.5, 0.6) is 11.5 Å². The maximum absolute atomic E-state index is 12.2. The summed E-state index contributed by atoms with van der Waals surface area (Å²) in [4.78, 5) is 12.2. The van der Waals surface area contributed by atoms with E-state index in [0.717, 1.165) is 39.7 Å². The third-order valence-electron chi connectivity index (χ3n) is 4.77. The average Bonchev–Trinajstić information content (AvgIpc) is 3.26. The van der Waals surface area contributed by atoms with Crippen LogP contribution < -0.4 is 14.9 Å². The Bertz CT molecular complexity index is 1070. The number of nitrogens with one attached hydrogen (secondary N) is 1. The summed E-state index contributed by atoms with van der Waals surface area (Å²) >= 11 is 0. The van der Waals surface area contributed by atoms with Crippen molar-refractivity contribution in [3.05, 3.63) is 76.6 Å². The van der Waals surface area contributed by atoms with E-state index in [1.807, 2.05) is 57.2 Å². The number of hydrogen-bond donors (Lipinski definition) is 1. The Labute approximate surface area is 163 Å². The van der Waals surface area contributed by atoms with Gasteiger partial charge in [0.1, 0.15) is 0 Å². The summed E-state index contributed by atoms with van der Waals surface area (Å²) in [6, 6.07) is 15.3. The molecule has 0 aliphatic carbocycles. The molecule has 1 aliphatic heterocycles. The molecule has 28 heavy (non-hydrogen) atoms. The molecular formula is C22H21N3O3. The van der Waals surface area contributed by atoms with Crippen molar-refractivity contribution in [3.63, 3.8) is 0 Å². The minimum absolute atomic E-state index is 0.235. The van der Waals surface area contributed by atoms with Crippen molar-refractivity contribution >= 4 is 12.1 Å². The van der Waals surface area contributed by atoms with Gasteiger partial charge in [0.15, 0.2) is 11.5 Å². The van der Waals surface area contributed by atoms with Gasteiger partial charge in [-0.2, -0.15) is 5.10 Å². The molecule has 0 spiro atoms. The van der Waals surface area contributed by atoms with E-state index in [1.165, 1.54) is 0 Å². The number of benzene rings is 2. The predicted molar refractivity (Wildman–Crippen MR) is 108 cm³/mol. The Hall–Kier alpha value is -3.54. The fraction of sp³-hybridized carbons (Fsp3) is 0.182. The number of hydrogen-bond acceptors (Lipinski definition) is 4. The van der Waals surface area contributed by atoms with Crippen LogP contribution in [0.2, 0.25) is 0 Å². The Morgan fingerprint density at radius 1 is 1.04 bits per heavy atom. The van der Waals surface area contributed by atoms with Crippen LogP contribution in [0.3, 0.4) is 0 Å². The molecule has 0 atom stereocenters. The number of aryl methyl sites for hydroxylation is 2. The van der Waals surface area contributed by atoms with Crippen LogP contribution in [0, 0.1) is 20.8 Å². The molecule has 1 aliphatic rings. The van der Waals surface area contributed by atoms with Gasteiger partial charge in [-0.25, -0.2) is 5.43 Å². The SMILES string of the molecule is Cc1ccc(C(=O)N/N=C\c2cc(C)n(-c3ccc4c(c3)OCO4)c2C)cc1. The number of carbonyl (C=O) groups is 1. The second kappa shape index (κ2) is 7.23. The lowest BCUT2D eigenvalue weighted by Gasteiger charge is -2.10. The van der Waals surface area contributed by atoms with Crippen molar-refractivity contribution in [3.8, 4) is 17.2 Å². The summed E-state index contributed by atoms with van der Waals surface area (Å²) < 4.78 is 13.0. The summed E-state index contributed by atoms with van der Waals surface area (Å²) in [5.74, 6) is 1.26. The first-order valence-corrected chi connectivity index (χ1v) is 9.02. The maximum Gasteiger partial charge on any atom is 0.271 e. The molecule has 6 nitrogen and oxygen atoms in total. The fourth-order valence-corrected chi connectivity index (χ4v) is 3.27. The largest absolute Gasteiger partial charge is 0.454 e. The number of rotatable bonds is 4. The highest BCUT2D eigenvalue weighted by Gasteiger charge is 2.16. The second-order valence-corrected chi connectivity index (χ2v) is 6.76. The molecular weight excluding hydrogens is 354 g/mol. The number of fused-ring (bicyclic) bond motifs is 1. The topological polar surface area (TPSA) is 64.9 Å². The first kappa shape index (κ1) is 17.9. The van der Waals surface area contributed by atoms with E-state index in [2.05, 4.69) is 15.1 Å². The van der Waals surface area contributed by atoms with Crippen LogP contribution in [0.15, 0.2) is 53.6 Å². The van der Waals surface area contributed by atoms with Crippen LogP contribution in [0.25, 0.3) is 5.69 Å². The van der Waals surface area contributed by atoms with Crippen LogP contribution in [-0.4, -0.2) is 23.5 Å². The molecule has 1 N–H and O–H groups in total. The van der Waals surface area contributed by atoms with E-state index >= 15 is 0 Å². The maximum atomic E-state index is 12.2. The van der Waals surface area contributed by atoms with E-state index in [-0.39, 0.29) is 12.7 Å². The molecule has 1 aromatic heterocycles. The smallest absolute Gasteiger partial charge is 0.271 e. The molecule has 4 rings (SSSR count). The molecule has 142 valence electrons. The lowest BCUT2D eigenvalue weighted by atomic mass is 10.1. The standard InChI is InChI=1S/C22H21N3O3/c1-14-4-6-17(7-5-14)22(26)24-23-12-18-10-15(2)25(16(18)3)19-8-9-20-21(11-19)28-13-27-20/h4-12H,13H2,1-3H3,(H,24,26)/b23-12-. The average molecular weight is 375 g/mol. The number of ether oxygens (including phenoxy) is 2. The molecule has 0 bridgehead atoms. The summed E-state index contributed by atoms with van der Waals surface area (Å²) in [6.07, 6.45) is 1.66. The predicted octanol–water partition coefficient (Wildman–Crippen LogP) is 3.90. The van der Waals surface area contributed by atoms with E-state index in [1.54, 1.807) is 18.3 Å². The highest BCUT2D eigenvalue weighted by atomic mass is 16.7. The Morgan fingerprint density at radius 2 is 1.79 bits per heavy atom. The monoisotopic (exact) mass is 375 g/mol. The van der Waals surface area contributed by atoms with Crippen LogP contribution in [0.1, 0.15) is 32.9 Å². The normalized spacial score (nSPS) is 12.5. The number of carbonyl (C=O) groups excluding carboxylic acids is 1. The fourth-order valence-electron chi connectivity index (χ4n) is 3.27. The zero-order valence-corrected chi connectivity index (χ0v) is 16.0. The number of aromatic nitrogens is 1. The number of nitrogens with zero attached hydrogens (tertiary/aromatic N) is 2. The Morgan fingerprint density at radius 3 is 2.57 bits per heavy atom. The molecule has 0 saturated carbocycles. The van der Waals surface area contributed by atoms with Gasteiger partial charge in [0, 0.05) is 34.3 Å². The lowest BCUT2D eigenvalue weighted by Crippen LogP contribution is -2.17. The lowest BCUT2D eigenvalue weighted by molar-refractivity contribution is 0.0955. The Kier molecular flexibility index (Phi) is 4.61. The molecule has 0 unspecified atom stereocenters. The van der Waals surface area contributed by atoms with Crippen molar-refractivity contribution in [1.82, 2.24) is 9.99 Å². The van der Waals surface area contributed by atoms with Gasteiger partial charge in [0.25, 0.3) is 5.91 Å². The minimum atomic E-state index is -0.235. The van der Waals surface area contributed by atoms with E-state index in [4.69, 9.17) is 9.47 Å². The molecule has 2 aromatic carbocycles. The zero-order chi connectivity index (χ0) is 19.7. The third kappa shape index (κ3) is 3.36. The van der Waals surface area contributed by atoms with Crippen molar-refractivity contribution in [2.75, 3.05) is 6.79 Å². The van der Waals surface area contributed by atoms with Crippen LogP contribution in [0.4, 0.5) is 0 Å². The third-order valence-corrected chi connectivity index (χ3v) is 4.77. The Balaban J connectivity index is 1.53. The van der Waals surface area contributed by atoms with Crippen molar-refractivity contribution in [2.24, 2.45) is 5.10 Å². The summed E-state index contributed by atoms with van der Waals surface area (Å²) in [7, 11) is 0. The van der Waals surface area contributed by atoms with E-state index < -0.39 is 0 Å². The summed E-state index contributed by atoms with van der Waals surface area (Å²) in [6.45, 7) is 6.28. The highest BCUT2D eigenvalue weighted by Crippen LogP contribution is 2.34. The second-order valence-electron chi connectivity index (χ2n) is 6.76. The molecule has 0 saturated heterocycles. The molecule has 3 aromatic rings. The van der Waals surface area contributed by atoms with Gasteiger partial charge in [-0.3, -0.25) is 4.79 Å². The molecule has 6 heteroatoms. The summed E-state index contributed by atoms with van der Waals surface area (Å²) in [5, 5.41) is 4.12. The summed E-state index contributed by atoms with van der Waals surface area (Å²) in [5.41, 5.74) is 8.26. The van der Waals surface area contributed by atoms with Crippen molar-refractivity contribution in [2.45, 2.75) is 20.8 Å². The van der Waals surface area contributed by atoms with E-state index in [9.17, 15) is 4.79 Å². The van der Waals surface area contributed by atoms with Crippen molar-refractivity contribution in [1.29, 1.82) is 0 Å². The van der Waals surface area contributed by atoms with Gasteiger partial charge in [-0.1, -0.05) is 17.7 Å². The van der Waals surface area contributed by atoms with Crippen molar-refractivity contribution < 1.29 is 14.3 Å². The first-order chi connectivity index (χ1) is 13.5. The zero-order valence-electron chi connectivity index (χ0n) is 16.0. The van der Waals surface area contributed by atoms with Crippen LogP contribution >= 0.6 is 0 Å². The van der Waals surface area contributed by atoms with Gasteiger partial charge < -0.3 is 14.0 Å². The first-order valence-electron chi connectivity index (χ1n) is 9.02. The van der Waals surface area contributed by atoms with Gasteiger partial charge in [-0.05, 0) is 51.1 Å². The van der Waals surface area contributed by atoms with Gasteiger partial charge in [0.2, 0.25) is 6.79 Å². The van der Waals surface area contributed by atoms with Crippen LogP contribution in [-0.2, 0) is 0 Å². The van der Waals surface area contributed by atoms with E-state index in [0.29, 0.717) is 5.56 Å². The number of amides is 1. The quantitative estimate of drug-likeness (QED) is 0.556. The van der Waals surface area contributed by atoms with Gasteiger partial charge >= 0.3 is 0 Å². The number of hydrazone groups is 1. The van der Waals surface area contributed by atoms with Gasteiger partial charge in [0.05, 0.1) is 6.21 Å². The highest BCUT2D eigenvalue weighted by molar-refractivity contribution is 5.95. The molecule has 0 fully saturated rings. The molecule has 1 amide bonds. The molecule has 2 heterocycles. The minimum Gasteiger partial charge on any atom is -0.454 e.